The largest absolute Gasteiger partial charge is 0.341 e. The highest BCUT2D eigenvalue weighted by Crippen LogP contribution is 2.22. The number of thiophene rings is 1. The maximum atomic E-state index is 13.4. The summed E-state index contributed by atoms with van der Waals surface area (Å²) in [7, 11) is 0. The van der Waals surface area contributed by atoms with Gasteiger partial charge in [-0.05, 0) is 66.8 Å². The van der Waals surface area contributed by atoms with Gasteiger partial charge in [-0.3, -0.25) is 14.2 Å². The Bertz CT molecular complexity index is 1210. The van der Waals surface area contributed by atoms with Gasteiger partial charge in [-0.25, -0.2) is 9.36 Å². The van der Waals surface area contributed by atoms with Gasteiger partial charge in [0.1, 0.15) is 11.2 Å². The first kappa shape index (κ1) is 20.6. The number of fused-ring (bicyclic) bond motifs is 1. The number of benzene rings is 1. The average Bonchev–Trinajstić information content (AvgIpc) is 3.13. The molecular formula is C23H27N3O3S. The van der Waals surface area contributed by atoms with Crippen LogP contribution in [0.5, 0.6) is 0 Å². The van der Waals surface area contributed by atoms with Crippen LogP contribution < -0.4 is 11.2 Å². The Morgan fingerprint density at radius 3 is 2.33 bits per heavy atom. The molecule has 0 radical (unpaired) electrons. The van der Waals surface area contributed by atoms with Crippen LogP contribution in [-0.2, 0) is 11.3 Å². The zero-order chi connectivity index (χ0) is 21.6. The van der Waals surface area contributed by atoms with E-state index in [0.717, 1.165) is 17.5 Å². The van der Waals surface area contributed by atoms with Gasteiger partial charge >= 0.3 is 5.69 Å². The minimum Gasteiger partial charge on any atom is -0.341 e. The lowest BCUT2D eigenvalue weighted by molar-refractivity contribution is -0.134. The SMILES string of the molecule is Cc1cc(C)cc(-n2c(=O)c3sccc3n(CC(=O)N3C[C@H](C)C[C@@H](C)C3)c2=O)c1. The van der Waals surface area contributed by atoms with Crippen molar-refractivity contribution in [2.24, 2.45) is 11.8 Å². The number of aryl methyl sites for hydroxylation is 2. The molecule has 0 saturated carbocycles. The minimum atomic E-state index is -0.470. The van der Waals surface area contributed by atoms with Crippen LogP contribution in [0.15, 0.2) is 39.2 Å². The van der Waals surface area contributed by atoms with Crippen molar-refractivity contribution < 1.29 is 4.79 Å². The Morgan fingerprint density at radius 1 is 1.07 bits per heavy atom. The van der Waals surface area contributed by atoms with E-state index in [1.54, 1.807) is 11.4 Å². The van der Waals surface area contributed by atoms with E-state index in [-0.39, 0.29) is 18.0 Å². The number of carbonyl (C=O) groups excluding carboxylic acids is 1. The summed E-state index contributed by atoms with van der Waals surface area (Å²) in [5, 5.41) is 1.79. The van der Waals surface area contributed by atoms with Crippen molar-refractivity contribution in [1.82, 2.24) is 14.0 Å². The van der Waals surface area contributed by atoms with E-state index in [9.17, 15) is 14.4 Å². The predicted octanol–water partition coefficient (Wildman–Crippen LogP) is 3.34. The molecule has 1 saturated heterocycles. The van der Waals surface area contributed by atoms with E-state index in [4.69, 9.17) is 0 Å². The van der Waals surface area contributed by atoms with Crippen LogP contribution >= 0.6 is 11.3 Å². The number of piperidine rings is 1. The quantitative estimate of drug-likeness (QED) is 0.647. The Hall–Kier alpha value is -2.67. The first-order chi connectivity index (χ1) is 14.2. The van der Waals surface area contributed by atoms with Crippen LogP contribution in [0.2, 0.25) is 0 Å². The van der Waals surface area contributed by atoms with Crippen LogP contribution in [0.3, 0.4) is 0 Å². The molecule has 1 aromatic carbocycles. The molecule has 0 aliphatic carbocycles. The summed E-state index contributed by atoms with van der Waals surface area (Å²) in [6.07, 6.45) is 1.11. The molecule has 1 fully saturated rings. The van der Waals surface area contributed by atoms with Crippen molar-refractivity contribution in [3.05, 3.63) is 61.6 Å². The van der Waals surface area contributed by atoms with E-state index >= 15 is 0 Å². The fourth-order valence-electron chi connectivity index (χ4n) is 4.65. The molecule has 30 heavy (non-hydrogen) atoms. The van der Waals surface area contributed by atoms with E-state index in [1.165, 1.54) is 20.5 Å². The van der Waals surface area contributed by atoms with Crippen molar-refractivity contribution in [3.63, 3.8) is 0 Å². The molecule has 0 unspecified atom stereocenters. The Labute approximate surface area is 179 Å². The predicted molar refractivity (Wildman–Crippen MR) is 121 cm³/mol. The molecule has 1 aliphatic rings. The summed E-state index contributed by atoms with van der Waals surface area (Å²) in [5.74, 6) is 0.813. The van der Waals surface area contributed by atoms with Gasteiger partial charge in [0.25, 0.3) is 5.56 Å². The lowest BCUT2D eigenvalue weighted by Crippen LogP contribution is -2.46. The van der Waals surface area contributed by atoms with Crippen LogP contribution in [0.1, 0.15) is 31.4 Å². The third-order valence-electron chi connectivity index (χ3n) is 5.73. The van der Waals surface area contributed by atoms with E-state index in [1.807, 2.05) is 36.9 Å². The second-order valence-corrected chi connectivity index (χ2v) is 9.65. The second-order valence-electron chi connectivity index (χ2n) is 8.73. The Kier molecular flexibility index (Phi) is 5.40. The number of hydrogen-bond donors (Lipinski definition) is 0. The highest BCUT2D eigenvalue weighted by atomic mass is 32.1. The molecule has 3 aromatic rings. The molecule has 3 heterocycles. The zero-order valence-corrected chi connectivity index (χ0v) is 18.7. The lowest BCUT2D eigenvalue weighted by Gasteiger charge is -2.35. The topological polar surface area (TPSA) is 64.3 Å². The number of amides is 1. The number of hydrogen-bond acceptors (Lipinski definition) is 4. The summed E-state index contributed by atoms with van der Waals surface area (Å²) in [6.45, 7) is 9.54. The third-order valence-corrected chi connectivity index (χ3v) is 6.63. The molecule has 0 N–H and O–H groups in total. The summed E-state index contributed by atoms with van der Waals surface area (Å²) >= 11 is 1.30. The maximum absolute atomic E-state index is 13.4. The van der Waals surface area contributed by atoms with Gasteiger partial charge in [0.05, 0.1) is 11.2 Å². The van der Waals surface area contributed by atoms with Gasteiger partial charge < -0.3 is 4.90 Å². The number of nitrogens with zero attached hydrogens (tertiary/aromatic N) is 3. The molecule has 2 atom stereocenters. The van der Waals surface area contributed by atoms with Crippen LogP contribution in [0.25, 0.3) is 15.9 Å². The zero-order valence-electron chi connectivity index (χ0n) is 17.8. The summed E-state index contributed by atoms with van der Waals surface area (Å²) in [6, 6.07) is 7.41. The number of rotatable bonds is 3. The molecule has 4 rings (SSSR count). The van der Waals surface area contributed by atoms with Gasteiger partial charge in [0, 0.05) is 13.1 Å². The van der Waals surface area contributed by atoms with E-state index in [2.05, 4.69) is 13.8 Å². The number of aromatic nitrogens is 2. The monoisotopic (exact) mass is 425 g/mol. The normalized spacial score (nSPS) is 19.4. The molecule has 0 bridgehead atoms. The molecule has 0 spiro atoms. The fourth-order valence-corrected chi connectivity index (χ4v) is 5.47. The second kappa shape index (κ2) is 7.87. The Morgan fingerprint density at radius 2 is 1.70 bits per heavy atom. The van der Waals surface area contributed by atoms with Gasteiger partial charge in [-0.1, -0.05) is 19.9 Å². The molecule has 2 aromatic heterocycles. The van der Waals surface area contributed by atoms with Crippen LogP contribution in [-0.4, -0.2) is 33.0 Å². The molecule has 1 amide bonds. The first-order valence-corrected chi connectivity index (χ1v) is 11.2. The lowest BCUT2D eigenvalue weighted by atomic mass is 9.92. The summed E-state index contributed by atoms with van der Waals surface area (Å²) in [4.78, 5) is 41.5. The van der Waals surface area contributed by atoms with Gasteiger partial charge in [-0.2, -0.15) is 0 Å². The molecule has 7 heteroatoms. The maximum Gasteiger partial charge on any atom is 0.336 e. The molecule has 158 valence electrons. The molecular weight excluding hydrogens is 398 g/mol. The number of likely N-dealkylation sites (tertiary alicyclic amines) is 1. The van der Waals surface area contributed by atoms with Crippen molar-refractivity contribution in [3.8, 4) is 5.69 Å². The third kappa shape index (κ3) is 3.74. The van der Waals surface area contributed by atoms with Crippen molar-refractivity contribution in [2.75, 3.05) is 13.1 Å². The average molecular weight is 426 g/mol. The summed E-state index contributed by atoms with van der Waals surface area (Å²) in [5.41, 5.74) is 2.21. The standard InChI is InChI=1S/C23H27N3O3S/c1-14-7-15(2)10-18(9-14)26-22(28)21-19(5-6-30-21)25(23(26)29)13-20(27)24-11-16(3)8-17(4)12-24/h5-7,9-10,16-17H,8,11-13H2,1-4H3/t16-,17-/m1/s1. The highest BCUT2D eigenvalue weighted by Gasteiger charge is 2.26. The van der Waals surface area contributed by atoms with E-state index in [0.29, 0.717) is 40.8 Å². The van der Waals surface area contributed by atoms with Crippen LogP contribution in [0.4, 0.5) is 0 Å². The first-order valence-electron chi connectivity index (χ1n) is 10.3. The van der Waals surface area contributed by atoms with Crippen LogP contribution in [0, 0.1) is 25.7 Å². The minimum absolute atomic E-state index is 0.0589. The van der Waals surface area contributed by atoms with Gasteiger partial charge in [0.2, 0.25) is 5.91 Å². The van der Waals surface area contributed by atoms with Crippen molar-refractivity contribution in [1.29, 1.82) is 0 Å². The van der Waals surface area contributed by atoms with Crippen molar-refractivity contribution in [2.45, 2.75) is 40.7 Å². The number of carbonyl (C=O) groups is 1. The smallest absolute Gasteiger partial charge is 0.336 e. The highest BCUT2D eigenvalue weighted by molar-refractivity contribution is 7.17. The van der Waals surface area contributed by atoms with Gasteiger partial charge in [0.15, 0.2) is 0 Å². The summed E-state index contributed by atoms with van der Waals surface area (Å²) < 4.78 is 3.15. The van der Waals surface area contributed by atoms with Crippen molar-refractivity contribution >= 4 is 27.5 Å². The van der Waals surface area contributed by atoms with Gasteiger partial charge in [-0.15, -0.1) is 11.3 Å². The molecule has 6 nitrogen and oxygen atoms in total. The fraction of sp³-hybridized carbons (Fsp3) is 0.435. The van der Waals surface area contributed by atoms with E-state index < -0.39 is 5.69 Å². The Balaban J connectivity index is 1.82. The molecule has 1 aliphatic heterocycles.